The van der Waals surface area contributed by atoms with E-state index in [2.05, 4.69) is 15.6 Å². The van der Waals surface area contributed by atoms with Crippen LogP contribution in [0.1, 0.15) is 81.2 Å². The Bertz CT molecular complexity index is 772. The standard InChI is InChI=1S/C11H13NO2.C10H14N2OS.C2H6/c1-11(2)9(12-10(13)14-11)8-6-4-3-5-7-8;13-9(10-11-6-7-14-10)12-8-4-2-1-3-5-8;1-2/h3-7,9H,1-2H3,(H,12,13);6-8H,1-5H2,(H,12,13);1-2H3/t9-;;/m0../s1. The summed E-state index contributed by atoms with van der Waals surface area (Å²) in [5, 5.41) is 8.24. The lowest BCUT2D eigenvalue weighted by Gasteiger charge is -2.23. The van der Waals surface area contributed by atoms with Crippen LogP contribution in [0.3, 0.4) is 0 Å². The summed E-state index contributed by atoms with van der Waals surface area (Å²) < 4.78 is 5.17. The Morgan fingerprint density at radius 3 is 2.37 bits per heavy atom. The number of nitrogens with one attached hydrogen (secondary N) is 2. The summed E-state index contributed by atoms with van der Waals surface area (Å²) in [5.41, 5.74) is 0.599. The van der Waals surface area contributed by atoms with Crippen LogP contribution in [0.5, 0.6) is 0 Å². The number of aromatic nitrogens is 1. The van der Waals surface area contributed by atoms with Gasteiger partial charge in [0.05, 0.1) is 6.04 Å². The molecule has 2 aliphatic rings. The third-order valence-electron chi connectivity index (χ3n) is 5.01. The maximum Gasteiger partial charge on any atom is 0.408 e. The fourth-order valence-electron chi connectivity index (χ4n) is 3.58. The highest BCUT2D eigenvalue weighted by Crippen LogP contribution is 2.33. The summed E-state index contributed by atoms with van der Waals surface area (Å²) in [6.45, 7) is 7.81. The predicted octanol–water partition coefficient (Wildman–Crippen LogP) is 5.48. The zero-order chi connectivity index (χ0) is 22.0. The molecule has 4 rings (SSSR count). The van der Waals surface area contributed by atoms with Gasteiger partial charge in [0.2, 0.25) is 0 Å². The fraction of sp³-hybridized carbons (Fsp3) is 0.522. The molecule has 1 aromatic carbocycles. The molecule has 0 bridgehead atoms. The zero-order valence-corrected chi connectivity index (χ0v) is 19.1. The first-order valence-corrected chi connectivity index (χ1v) is 11.6. The van der Waals surface area contributed by atoms with E-state index in [1.807, 2.05) is 63.4 Å². The monoisotopic (exact) mass is 431 g/mol. The van der Waals surface area contributed by atoms with Gasteiger partial charge in [0.15, 0.2) is 5.01 Å². The Morgan fingerprint density at radius 2 is 1.83 bits per heavy atom. The Balaban J connectivity index is 0.000000197. The molecule has 30 heavy (non-hydrogen) atoms. The second kappa shape index (κ2) is 11.7. The molecule has 1 aliphatic heterocycles. The summed E-state index contributed by atoms with van der Waals surface area (Å²) in [6, 6.07) is 10.2. The van der Waals surface area contributed by atoms with Gasteiger partial charge in [-0.25, -0.2) is 9.78 Å². The summed E-state index contributed by atoms with van der Waals surface area (Å²) in [6.07, 6.45) is 7.35. The van der Waals surface area contributed by atoms with Crippen molar-refractivity contribution in [3.63, 3.8) is 0 Å². The summed E-state index contributed by atoms with van der Waals surface area (Å²) >= 11 is 1.40. The first kappa shape index (κ1) is 23.9. The Morgan fingerprint density at radius 1 is 1.17 bits per heavy atom. The van der Waals surface area contributed by atoms with Gasteiger partial charge in [0.1, 0.15) is 5.60 Å². The third kappa shape index (κ3) is 6.83. The van der Waals surface area contributed by atoms with Crippen molar-refractivity contribution in [3.05, 3.63) is 52.5 Å². The lowest BCUT2D eigenvalue weighted by molar-refractivity contribution is 0.0684. The molecule has 6 nitrogen and oxygen atoms in total. The van der Waals surface area contributed by atoms with Crippen LogP contribution in [0, 0.1) is 0 Å². The Kier molecular flexibility index (Phi) is 9.30. The molecule has 2 amide bonds. The number of carbonyl (C=O) groups excluding carboxylic acids is 2. The molecule has 1 atom stereocenters. The van der Waals surface area contributed by atoms with E-state index in [1.165, 1.54) is 30.6 Å². The lowest BCUT2D eigenvalue weighted by atomic mass is 9.93. The Labute approximate surface area is 183 Å². The van der Waals surface area contributed by atoms with Crippen molar-refractivity contribution in [1.29, 1.82) is 0 Å². The van der Waals surface area contributed by atoms with Gasteiger partial charge in [-0.1, -0.05) is 63.4 Å². The molecule has 2 N–H and O–H groups in total. The van der Waals surface area contributed by atoms with Gasteiger partial charge in [-0.3, -0.25) is 4.79 Å². The van der Waals surface area contributed by atoms with Gasteiger partial charge in [0.25, 0.3) is 5.91 Å². The molecule has 1 aliphatic carbocycles. The minimum Gasteiger partial charge on any atom is -0.441 e. The van der Waals surface area contributed by atoms with Crippen LogP contribution in [-0.4, -0.2) is 28.6 Å². The van der Waals surface area contributed by atoms with Gasteiger partial charge < -0.3 is 15.4 Å². The molecule has 0 radical (unpaired) electrons. The molecular weight excluding hydrogens is 398 g/mol. The molecule has 1 saturated carbocycles. The van der Waals surface area contributed by atoms with Crippen molar-refractivity contribution in [3.8, 4) is 0 Å². The number of hydrogen-bond acceptors (Lipinski definition) is 5. The molecule has 1 aromatic heterocycles. The van der Waals surface area contributed by atoms with Crippen LogP contribution in [0.2, 0.25) is 0 Å². The molecular formula is C23H33N3O3S. The molecule has 7 heteroatoms. The van der Waals surface area contributed by atoms with E-state index >= 15 is 0 Å². The molecule has 1 saturated heterocycles. The molecule has 0 unspecified atom stereocenters. The summed E-state index contributed by atoms with van der Waals surface area (Å²) in [4.78, 5) is 26.7. The average Bonchev–Trinajstić information content (AvgIpc) is 3.39. The summed E-state index contributed by atoms with van der Waals surface area (Å²) in [5.74, 6) is -0.00750. The second-order valence-electron chi connectivity index (χ2n) is 7.63. The lowest BCUT2D eigenvalue weighted by Crippen LogP contribution is -2.36. The minimum absolute atomic E-state index is 0.00750. The number of rotatable bonds is 3. The zero-order valence-electron chi connectivity index (χ0n) is 18.3. The maximum absolute atomic E-state index is 11.6. The number of ether oxygens (including phenoxy) is 1. The predicted molar refractivity (Wildman–Crippen MR) is 121 cm³/mol. The molecule has 2 aromatic rings. The number of carbonyl (C=O) groups is 2. The number of cyclic esters (lactones) is 1. The topological polar surface area (TPSA) is 80.3 Å². The number of benzene rings is 1. The number of amides is 2. The molecule has 164 valence electrons. The highest BCUT2D eigenvalue weighted by Gasteiger charge is 2.41. The maximum atomic E-state index is 11.6. The van der Waals surface area contributed by atoms with Crippen LogP contribution in [0.15, 0.2) is 41.9 Å². The highest BCUT2D eigenvalue weighted by atomic mass is 32.1. The molecule has 0 spiro atoms. The first-order chi connectivity index (χ1) is 14.5. The van der Waals surface area contributed by atoms with Crippen LogP contribution in [-0.2, 0) is 4.74 Å². The van der Waals surface area contributed by atoms with Crippen molar-refractivity contribution in [1.82, 2.24) is 15.6 Å². The SMILES string of the molecule is CC.CC1(C)OC(=O)N[C@H]1c1ccccc1.O=C(NC1CCCCC1)c1nccs1. The van der Waals surface area contributed by atoms with E-state index in [9.17, 15) is 9.59 Å². The van der Waals surface area contributed by atoms with Crippen molar-refractivity contribution in [2.45, 2.75) is 77.5 Å². The van der Waals surface area contributed by atoms with Crippen LogP contribution in [0.4, 0.5) is 4.79 Å². The van der Waals surface area contributed by atoms with Gasteiger partial charge in [0, 0.05) is 17.6 Å². The van der Waals surface area contributed by atoms with Crippen LogP contribution >= 0.6 is 11.3 Å². The van der Waals surface area contributed by atoms with E-state index in [1.54, 1.807) is 6.20 Å². The van der Waals surface area contributed by atoms with Crippen molar-refractivity contribution in [2.24, 2.45) is 0 Å². The fourth-order valence-corrected chi connectivity index (χ4v) is 4.12. The van der Waals surface area contributed by atoms with Crippen LogP contribution < -0.4 is 10.6 Å². The van der Waals surface area contributed by atoms with E-state index in [4.69, 9.17) is 4.74 Å². The Hall–Kier alpha value is -2.41. The van der Waals surface area contributed by atoms with Gasteiger partial charge >= 0.3 is 6.09 Å². The number of nitrogens with zero attached hydrogens (tertiary/aromatic N) is 1. The number of alkyl carbamates (subject to hydrolysis) is 1. The van der Waals surface area contributed by atoms with E-state index in [-0.39, 0.29) is 18.0 Å². The quantitative estimate of drug-likeness (QED) is 0.674. The molecule has 2 heterocycles. The van der Waals surface area contributed by atoms with E-state index in [0.29, 0.717) is 11.0 Å². The van der Waals surface area contributed by atoms with E-state index < -0.39 is 5.60 Å². The van der Waals surface area contributed by atoms with E-state index in [0.717, 1.165) is 18.4 Å². The summed E-state index contributed by atoms with van der Waals surface area (Å²) in [7, 11) is 0. The average molecular weight is 432 g/mol. The highest BCUT2D eigenvalue weighted by molar-refractivity contribution is 7.11. The largest absolute Gasteiger partial charge is 0.441 e. The number of thiazole rings is 1. The van der Waals surface area contributed by atoms with Crippen molar-refractivity contribution in [2.75, 3.05) is 0 Å². The minimum atomic E-state index is -0.474. The van der Waals surface area contributed by atoms with Crippen molar-refractivity contribution < 1.29 is 14.3 Å². The van der Waals surface area contributed by atoms with Gasteiger partial charge in [-0.05, 0) is 32.3 Å². The van der Waals surface area contributed by atoms with Crippen molar-refractivity contribution >= 4 is 23.3 Å². The second-order valence-corrected chi connectivity index (χ2v) is 8.52. The van der Waals surface area contributed by atoms with Crippen LogP contribution in [0.25, 0.3) is 0 Å². The molecule has 2 fully saturated rings. The smallest absolute Gasteiger partial charge is 0.408 e. The third-order valence-corrected chi connectivity index (χ3v) is 5.78. The van der Waals surface area contributed by atoms with Gasteiger partial charge in [-0.2, -0.15) is 0 Å². The van der Waals surface area contributed by atoms with Gasteiger partial charge in [-0.15, -0.1) is 11.3 Å². The number of hydrogen-bond donors (Lipinski definition) is 2. The first-order valence-electron chi connectivity index (χ1n) is 10.7. The normalized spacial score (nSPS) is 19.9.